The predicted octanol–water partition coefficient (Wildman–Crippen LogP) is 2.47. The average Bonchev–Trinajstić information content (AvgIpc) is 3.45. The molecule has 186 valence electrons. The van der Waals surface area contributed by atoms with Crippen LogP contribution in [0.5, 0.6) is 0 Å². The van der Waals surface area contributed by atoms with Gasteiger partial charge in [0, 0.05) is 24.9 Å². The van der Waals surface area contributed by atoms with E-state index in [0.717, 1.165) is 19.3 Å². The first kappa shape index (κ1) is 24.7. The van der Waals surface area contributed by atoms with E-state index in [2.05, 4.69) is 17.6 Å². The van der Waals surface area contributed by atoms with E-state index in [-0.39, 0.29) is 36.5 Å². The lowest BCUT2D eigenvalue weighted by Crippen LogP contribution is -2.56. The number of aliphatic hydroxyl groups excluding tert-OH is 1. The van der Waals surface area contributed by atoms with Crippen molar-refractivity contribution < 1.29 is 24.2 Å². The summed E-state index contributed by atoms with van der Waals surface area (Å²) < 4.78 is 6.43. The Hall–Kier alpha value is -2.45. The third kappa shape index (κ3) is 4.45. The molecule has 3 N–H and O–H groups in total. The highest BCUT2D eigenvalue weighted by atomic mass is 16.5. The molecule has 0 aromatic heterocycles. The number of nitrogens with one attached hydrogen (secondary N) is 2. The van der Waals surface area contributed by atoms with Crippen molar-refractivity contribution in [2.75, 3.05) is 18.5 Å². The second kappa shape index (κ2) is 10.4. The van der Waals surface area contributed by atoms with Crippen LogP contribution in [0, 0.1) is 11.8 Å². The molecule has 8 nitrogen and oxygen atoms in total. The summed E-state index contributed by atoms with van der Waals surface area (Å²) in [5.41, 5.74) is -0.286. The normalized spacial score (nSPS) is 30.3. The number of benzene rings is 1. The fraction of sp³-hybridized carbons (Fsp3) is 0.654. The monoisotopic (exact) mass is 471 g/mol. The number of carbonyl (C=O) groups is 3. The number of carbonyl (C=O) groups excluding carboxylic acids is 3. The highest BCUT2D eigenvalue weighted by Crippen LogP contribution is 2.58. The van der Waals surface area contributed by atoms with Crippen LogP contribution in [-0.4, -0.2) is 64.7 Å². The maximum atomic E-state index is 13.8. The summed E-state index contributed by atoms with van der Waals surface area (Å²) in [6, 6.07) is 8.47. The highest BCUT2D eigenvalue weighted by Gasteiger charge is 2.74. The third-order valence-electron chi connectivity index (χ3n) is 7.56. The summed E-state index contributed by atoms with van der Waals surface area (Å²) in [5, 5.41) is 15.2. The number of aliphatic hydroxyl groups is 1. The maximum absolute atomic E-state index is 13.8. The SMILES string of the molecule is CCCC(C)NC(=O)C1N(CCCCCO)C(=O)[C@@H]2[C@H](C(=O)Nc3ccccc3)[C@@H]3CCC12O3. The van der Waals surface area contributed by atoms with Crippen LogP contribution in [0.4, 0.5) is 5.69 Å². The molecule has 1 aromatic carbocycles. The molecule has 6 atom stereocenters. The zero-order valence-corrected chi connectivity index (χ0v) is 20.2. The van der Waals surface area contributed by atoms with Gasteiger partial charge in [0.25, 0.3) is 0 Å². The van der Waals surface area contributed by atoms with Gasteiger partial charge in [0.2, 0.25) is 17.7 Å². The van der Waals surface area contributed by atoms with Crippen LogP contribution in [-0.2, 0) is 19.1 Å². The Labute approximate surface area is 201 Å². The van der Waals surface area contributed by atoms with Gasteiger partial charge in [0.15, 0.2) is 0 Å². The molecule has 8 heteroatoms. The van der Waals surface area contributed by atoms with Gasteiger partial charge in [-0.1, -0.05) is 31.5 Å². The van der Waals surface area contributed by atoms with Crippen LogP contribution in [0.3, 0.4) is 0 Å². The number of anilines is 1. The van der Waals surface area contributed by atoms with E-state index in [9.17, 15) is 14.4 Å². The summed E-state index contributed by atoms with van der Waals surface area (Å²) in [6.45, 7) is 4.56. The number of para-hydroxylation sites is 1. The van der Waals surface area contributed by atoms with Crippen molar-refractivity contribution in [1.82, 2.24) is 10.2 Å². The second-order valence-electron chi connectivity index (χ2n) is 9.93. The van der Waals surface area contributed by atoms with E-state index in [1.807, 2.05) is 37.3 Å². The fourth-order valence-electron chi connectivity index (χ4n) is 6.14. The van der Waals surface area contributed by atoms with Gasteiger partial charge in [-0.2, -0.15) is 0 Å². The van der Waals surface area contributed by atoms with Crippen LogP contribution < -0.4 is 10.6 Å². The minimum Gasteiger partial charge on any atom is -0.396 e. The van der Waals surface area contributed by atoms with E-state index in [4.69, 9.17) is 9.84 Å². The zero-order valence-electron chi connectivity index (χ0n) is 20.2. The summed E-state index contributed by atoms with van der Waals surface area (Å²) in [6.07, 6.45) is 4.79. The van der Waals surface area contributed by atoms with E-state index >= 15 is 0 Å². The lowest BCUT2D eigenvalue weighted by atomic mass is 9.70. The number of ether oxygens (including phenoxy) is 1. The maximum Gasteiger partial charge on any atom is 0.246 e. The van der Waals surface area contributed by atoms with Gasteiger partial charge >= 0.3 is 0 Å². The van der Waals surface area contributed by atoms with Gasteiger partial charge in [0.05, 0.1) is 17.9 Å². The molecular weight excluding hydrogens is 434 g/mol. The Morgan fingerprint density at radius 2 is 1.97 bits per heavy atom. The van der Waals surface area contributed by atoms with Crippen molar-refractivity contribution in [3.8, 4) is 0 Å². The number of amides is 3. The van der Waals surface area contributed by atoms with Crippen molar-refractivity contribution in [2.45, 2.75) is 82.6 Å². The van der Waals surface area contributed by atoms with Crippen molar-refractivity contribution >= 4 is 23.4 Å². The number of unbranched alkanes of at least 4 members (excludes halogenated alkanes) is 2. The van der Waals surface area contributed by atoms with Crippen molar-refractivity contribution in [1.29, 1.82) is 0 Å². The molecule has 3 amide bonds. The van der Waals surface area contributed by atoms with Crippen LogP contribution >= 0.6 is 0 Å². The van der Waals surface area contributed by atoms with E-state index in [0.29, 0.717) is 37.9 Å². The van der Waals surface area contributed by atoms with Crippen molar-refractivity contribution in [2.24, 2.45) is 11.8 Å². The smallest absolute Gasteiger partial charge is 0.246 e. The topological polar surface area (TPSA) is 108 Å². The number of rotatable bonds is 11. The Morgan fingerprint density at radius 3 is 2.68 bits per heavy atom. The predicted molar refractivity (Wildman–Crippen MR) is 128 cm³/mol. The molecule has 3 aliphatic rings. The van der Waals surface area contributed by atoms with Crippen molar-refractivity contribution in [3.63, 3.8) is 0 Å². The summed E-state index contributed by atoms with van der Waals surface area (Å²) in [5.74, 6) is -1.86. The Balaban J connectivity index is 1.60. The van der Waals surface area contributed by atoms with Gasteiger partial charge < -0.3 is 25.4 Å². The van der Waals surface area contributed by atoms with Gasteiger partial charge in [-0.3, -0.25) is 14.4 Å². The lowest BCUT2D eigenvalue weighted by Gasteiger charge is -2.34. The summed E-state index contributed by atoms with van der Waals surface area (Å²) in [4.78, 5) is 42.3. The molecular formula is C26H37N3O5. The quantitative estimate of drug-likeness (QED) is 0.430. The Kier molecular flexibility index (Phi) is 7.57. The molecule has 3 heterocycles. The second-order valence-corrected chi connectivity index (χ2v) is 9.93. The van der Waals surface area contributed by atoms with Crippen molar-refractivity contribution in [3.05, 3.63) is 30.3 Å². The molecule has 3 saturated heterocycles. The Bertz CT molecular complexity index is 894. The van der Waals surface area contributed by atoms with Gasteiger partial charge in [0.1, 0.15) is 11.6 Å². The first-order valence-corrected chi connectivity index (χ1v) is 12.7. The van der Waals surface area contributed by atoms with Crippen LogP contribution in [0.1, 0.15) is 58.8 Å². The minimum atomic E-state index is -0.965. The first-order chi connectivity index (χ1) is 16.4. The highest BCUT2D eigenvalue weighted by molar-refractivity contribution is 6.02. The summed E-state index contributed by atoms with van der Waals surface area (Å²) in [7, 11) is 0. The number of likely N-dealkylation sites (tertiary alicyclic amines) is 1. The molecule has 1 aromatic rings. The number of hydrogen-bond acceptors (Lipinski definition) is 5. The molecule has 0 saturated carbocycles. The number of hydrogen-bond donors (Lipinski definition) is 3. The minimum absolute atomic E-state index is 0.00456. The largest absolute Gasteiger partial charge is 0.396 e. The number of nitrogens with zero attached hydrogens (tertiary/aromatic N) is 1. The molecule has 0 aliphatic carbocycles. The molecule has 4 rings (SSSR count). The van der Waals surface area contributed by atoms with E-state index in [1.165, 1.54) is 0 Å². The van der Waals surface area contributed by atoms with Gasteiger partial charge in [-0.15, -0.1) is 0 Å². The first-order valence-electron chi connectivity index (χ1n) is 12.7. The van der Waals surface area contributed by atoms with E-state index in [1.54, 1.807) is 4.90 Å². The van der Waals surface area contributed by atoms with Crippen LogP contribution in [0.15, 0.2) is 30.3 Å². The molecule has 3 unspecified atom stereocenters. The molecule has 2 bridgehead atoms. The average molecular weight is 472 g/mol. The molecule has 34 heavy (non-hydrogen) atoms. The van der Waals surface area contributed by atoms with Gasteiger partial charge in [-0.25, -0.2) is 0 Å². The fourth-order valence-corrected chi connectivity index (χ4v) is 6.14. The molecule has 1 spiro atoms. The van der Waals surface area contributed by atoms with Crippen LogP contribution in [0.2, 0.25) is 0 Å². The summed E-state index contributed by atoms with van der Waals surface area (Å²) >= 11 is 0. The number of fused-ring (bicyclic) bond motifs is 1. The van der Waals surface area contributed by atoms with Crippen LogP contribution in [0.25, 0.3) is 0 Å². The standard InChI is InChI=1S/C26H37N3O5/c1-3-10-17(2)27-24(32)22-26-14-13-19(34-26)20(23(31)28-18-11-6-4-7-12-18)21(26)25(33)29(22)15-8-5-9-16-30/h4,6-7,11-12,17,19-22,30H,3,5,8-10,13-16H2,1-2H3,(H,27,32)(H,28,31)/t17?,19-,20+,21-,22?,26?/m0/s1. The Morgan fingerprint density at radius 1 is 1.21 bits per heavy atom. The molecule has 0 radical (unpaired) electrons. The van der Waals surface area contributed by atoms with E-state index < -0.39 is 23.5 Å². The van der Waals surface area contributed by atoms with Gasteiger partial charge in [-0.05, 0) is 57.6 Å². The third-order valence-corrected chi connectivity index (χ3v) is 7.56. The zero-order chi connectivity index (χ0) is 24.3. The molecule has 3 aliphatic heterocycles. The molecule has 3 fully saturated rings. The lowest BCUT2D eigenvalue weighted by molar-refractivity contribution is -0.141.